The van der Waals surface area contributed by atoms with Gasteiger partial charge in [0.15, 0.2) is 5.82 Å². The van der Waals surface area contributed by atoms with Gasteiger partial charge in [0.2, 0.25) is 0 Å². The number of methoxy groups -OCH3 is 1. The van der Waals surface area contributed by atoms with Gasteiger partial charge in [0.05, 0.1) is 23.9 Å². The first kappa shape index (κ1) is 20.2. The Balaban J connectivity index is 2.49. The van der Waals surface area contributed by atoms with E-state index in [1.807, 2.05) is 0 Å². The molecule has 2 rings (SSSR count). The van der Waals surface area contributed by atoms with E-state index in [0.29, 0.717) is 16.9 Å². The lowest BCUT2D eigenvalue weighted by Crippen LogP contribution is -2.24. The monoisotopic (exact) mass is 410 g/mol. The summed E-state index contributed by atoms with van der Waals surface area (Å²) in [5, 5.41) is 2.66. The van der Waals surface area contributed by atoms with Crippen LogP contribution < -0.4 is 5.56 Å². The number of aromatic nitrogens is 2. The second-order valence-electron chi connectivity index (χ2n) is 5.01. The first-order valence-electron chi connectivity index (χ1n) is 6.95. The molecule has 5 nitrogen and oxygen atoms in total. The second kappa shape index (κ2) is 7.67. The number of nitrogens with zero attached hydrogens (tertiary/aromatic N) is 2. The molecule has 1 atom stereocenters. The van der Waals surface area contributed by atoms with Crippen LogP contribution in [-0.4, -0.2) is 28.1 Å². The summed E-state index contributed by atoms with van der Waals surface area (Å²) >= 11 is 6.87. The third-order valence-electron chi connectivity index (χ3n) is 3.19. The first-order valence-corrected chi connectivity index (χ1v) is 8.21. The van der Waals surface area contributed by atoms with Gasteiger partial charge in [-0.15, -0.1) is 11.8 Å². The number of hydrogen-bond acceptors (Lipinski definition) is 5. The Morgan fingerprint density at radius 3 is 2.54 bits per heavy atom. The number of esters is 1. The van der Waals surface area contributed by atoms with E-state index >= 15 is 0 Å². The highest BCUT2D eigenvalue weighted by molar-refractivity contribution is 8.00. The number of carbonyl (C=O) groups excluding carboxylic acids is 1. The second-order valence-corrected chi connectivity index (χ2v) is 6.80. The Morgan fingerprint density at radius 1 is 1.35 bits per heavy atom. The Hall–Kier alpha value is -2.07. The number of halogens is 5. The number of rotatable bonds is 4. The largest absolute Gasteiger partial charge is 0.468 e. The molecule has 1 unspecified atom stereocenters. The maximum Gasteiger partial charge on any atom is 0.418 e. The third-order valence-corrected chi connectivity index (χ3v) is 4.76. The van der Waals surface area contributed by atoms with E-state index in [1.54, 1.807) is 0 Å². The topological polar surface area (TPSA) is 61.2 Å². The Labute approximate surface area is 153 Å². The minimum Gasteiger partial charge on any atom is -0.468 e. The van der Waals surface area contributed by atoms with E-state index < -0.39 is 40.0 Å². The lowest BCUT2D eigenvalue weighted by Gasteiger charge is -2.13. The number of hydrogen-bond donors (Lipinski definition) is 0. The molecule has 1 aromatic heterocycles. The molecule has 0 spiro atoms. The van der Waals surface area contributed by atoms with E-state index in [9.17, 15) is 27.2 Å². The Kier molecular flexibility index (Phi) is 5.97. The molecule has 11 heteroatoms. The summed E-state index contributed by atoms with van der Waals surface area (Å²) in [5.74, 6) is -1.51. The van der Waals surface area contributed by atoms with Crippen molar-refractivity contribution in [1.29, 1.82) is 0 Å². The zero-order valence-corrected chi connectivity index (χ0v) is 14.9. The van der Waals surface area contributed by atoms with Crippen molar-refractivity contribution in [2.45, 2.75) is 23.2 Å². The lowest BCUT2D eigenvalue weighted by atomic mass is 10.3. The van der Waals surface area contributed by atoms with E-state index in [-0.39, 0.29) is 9.92 Å². The highest BCUT2D eigenvalue weighted by Gasteiger charge is 2.32. The molecule has 140 valence electrons. The van der Waals surface area contributed by atoms with E-state index in [1.165, 1.54) is 14.0 Å². The number of ether oxygens (including phenoxy) is 1. The van der Waals surface area contributed by atoms with Crippen molar-refractivity contribution in [3.63, 3.8) is 0 Å². The van der Waals surface area contributed by atoms with Crippen LogP contribution >= 0.6 is 23.4 Å². The molecule has 1 heterocycles. The van der Waals surface area contributed by atoms with Crippen molar-refractivity contribution < 1.29 is 27.1 Å². The average Bonchev–Trinajstić information content (AvgIpc) is 2.55. The van der Waals surface area contributed by atoms with Crippen molar-refractivity contribution in [1.82, 2.24) is 9.78 Å². The molecule has 0 bridgehead atoms. The fraction of sp³-hybridized carbons (Fsp3) is 0.267. The van der Waals surface area contributed by atoms with Crippen molar-refractivity contribution in [2.75, 3.05) is 7.11 Å². The summed E-state index contributed by atoms with van der Waals surface area (Å²) < 4.78 is 57.1. The molecule has 1 aromatic carbocycles. The Morgan fingerprint density at radius 2 is 2.00 bits per heavy atom. The zero-order valence-electron chi connectivity index (χ0n) is 13.3. The van der Waals surface area contributed by atoms with Crippen LogP contribution in [0.2, 0.25) is 5.02 Å². The van der Waals surface area contributed by atoms with Crippen LogP contribution in [0.25, 0.3) is 5.69 Å². The summed E-state index contributed by atoms with van der Waals surface area (Å²) in [7, 11) is 1.20. The molecule has 0 saturated heterocycles. The SMILES string of the molecule is COC(=O)C(C)Sc1cc(-n2ncc(C(F)(F)F)cc2=O)c(F)cc1Cl. The van der Waals surface area contributed by atoms with Crippen LogP contribution in [0.15, 0.2) is 34.1 Å². The molecule has 0 fully saturated rings. The molecule has 0 aliphatic carbocycles. The Bertz CT molecular complexity index is 901. The van der Waals surface area contributed by atoms with E-state index in [4.69, 9.17) is 11.6 Å². The van der Waals surface area contributed by atoms with Crippen LogP contribution in [0, 0.1) is 5.82 Å². The molecule has 2 aromatic rings. The van der Waals surface area contributed by atoms with Gasteiger partial charge in [-0.1, -0.05) is 11.6 Å². The molecular formula is C15H11ClF4N2O3S. The summed E-state index contributed by atoms with van der Waals surface area (Å²) in [6, 6.07) is 2.32. The predicted molar refractivity (Wildman–Crippen MR) is 87.1 cm³/mol. The highest BCUT2D eigenvalue weighted by Crippen LogP contribution is 2.34. The zero-order chi connectivity index (χ0) is 19.6. The number of thioether (sulfide) groups is 1. The van der Waals surface area contributed by atoms with Gasteiger partial charge in [0.25, 0.3) is 5.56 Å². The molecule has 0 radical (unpaired) electrons. The van der Waals surface area contributed by atoms with Crippen molar-refractivity contribution in [3.05, 3.63) is 51.2 Å². The maximum absolute atomic E-state index is 14.2. The fourth-order valence-electron chi connectivity index (χ4n) is 1.92. The summed E-state index contributed by atoms with van der Waals surface area (Å²) in [6.45, 7) is 1.53. The third kappa shape index (κ3) is 4.36. The quantitative estimate of drug-likeness (QED) is 0.437. The number of benzene rings is 1. The first-order chi connectivity index (χ1) is 12.0. The minimum atomic E-state index is -4.75. The number of carbonyl (C=O) groups is 1. The van der Waals surface area contributed by atoms with Crippen molar-refractivity contribution >= 4 is 29.3 Å². The summed E-state index contributed by atoms with van der Waals surface area (Å²) in [4.78, 5) is 23.7. The van der Waals surface area contributed by atoms with Crippen LogP contribution in [-0.2, 0) is 15.7 Å². The van der Waals surface area contributed by atoms with Crippen LogP contribution in [0.1, 0.15) is 12.5 Å². The van der Waals surface area contributed by atoms with Gasteiger partial charge in [-0.05, 0) is 19.1 Å². The molecule has 0 N–H and O–H groups in total. The van der Waals surface area contributed by atoms with E-state index in [2.05, 4.69) is 9.84 Å². The highest BCUT2D eigenvalue weighted by atomic mass is 35.5. The lowest BCUT2D eigenvalue weighted by molar-refractivity contribution is -0.139. The van der Waals surface area contributed by atoms with Gasteiger partial charge in [0, 0.05) is 11.0 Å². The van der Waals surface area contributed by atoms with Gasteiger partial charge in [-0.2, -0.15) is 23.0 Å². The summed E-state index contributed by atoms with van der Waals surface area (Å²) in [5.41, 5.74) is -2.81. The van der Waals surface area contributed by atoms with Crippen LogP contribution in [0.3, 0.4) is 0 Å². The summed E-state index contributed by atoms with van der Waals surface area (Å²) in [6.07, 6.45) is -4.33. The van der Waals surface area contributed by atoms with E-state index in [0.717, 1.165) is 23.9 Å². The minimum absolute atomic E-state index is 0.0352. The standard InChI is InChI=1S/C15H11ClF4N2O3S/c1-7(14(24)25-2)26-12-5-11(10(17)4-9(12)16)22-13(23)3-8(6-21-22)15(18,19)20/h3-7H,1-2H3. The predicted octanol–water partition coefficient (Wildman–Crippen LogP) is 3.70. The van der Waals surface area contributed by atoms with Crippen molar-refractivity contribution in [3.8, 4) is 5.69 Å². The molecule has 0 aliphatic heterocycles. The molecule has 0 amide bonds. The normalized spacial score (nSPS) is 12.7. The van der Waals surface area contributed by atoms with Crippen LogP contribution in [0.5, 0.6) is 0 Å². The van der Waals surface area contributed by atoms with Gasteiger partial charge in [-0.3, -0.25) is 9.59 Å². The smallest absolute Gasteiger partial charge is 0.418 e. The number of alkyl halides is 3. The fourth-order valence-corrected chi connectivity index (χ4v) is 3.13. The van der Waals surface area contributed by atoms with Gasteiger partial charge in [-0.25, -0.2) is 4.39 Å². The maximum atomic E-state index is 14.2. The average molecular weight is 411 g/mol. The molecular weight excluding hydrogens is 400 g/mol. The van der Waals surface area contributed by atoms with Crippen molar-refractivity contribution in [2.24, 2.45) is 0 Å². The van der Waals surface area contributed by atoms with Gasteiger partial charge >= 0.3 is 12.1 Å². The molecule has 0 aliphatic rings. The van der Waals surface area contributed by atoms with Gasteiger partial charge < -0.3 is 4.74 Å². The molecule has 26 heavy (non-hydrogen) atoms. The van der Waals surface area contributed by atoms with Gasteiger partial charge in [0.1, 0.15) is 10.9 Å². The molecule has 0 saturated carbocycles. The van der Waals surface area contributed by atoms with Crippen LogP contribution in [0.4, 0.5) is 17.6 Å².